The molecule has 1 fully saturated rings. The van der Waals surface area contributed by atoms with E-state index in [9.17, 15) is 22.8 Å². The highest BCUT2D eigenvalue weighted by atomic mass is 19.4. The molecular formula is C26H23F3N2O2. The lowest BCUT2D eigenvalue weighted by molar-refractivity contribution is -0.137. The average Bonchev–Trinajstić information content (AvgIpc) is 2.84. The van der Waals surface area contributed by atoms with E-state index in [1.165, 1.54) is 12.1 Å². The number of hydrogen-bond acceptors (Lipinski definition) is 2. The number of alkyl halides is 3. The van der Waals surface area contributed by atoms with Crippen LogP contribution in [-0.2, 0) is 11.0 Å². The van der Waals surface area contributed by atoms with E-state index in [0.29, 0.717) is 42.6 Å². The maximum atomic E-state index is 13.2. The summed E-state index contributed by atoms with van der Waals surface area (Å²) in [6.07, 6.45) is -3.31. The van der Waals surface area contributed by atoms with Crippen molar-refractivity contribution in [2.24, 2.45) is 5.92 Å². The zero-order valence-corrected chi connectivity index (χ0v) is 17.8. The Labute approximate surface area is 190 Å². The summed E-state index contributed by atoms with van der Waals surface area (Å²) in [4.78, 5) is 27.5. The molecule has 7 heteroatoms. The van der Waals surface area contributed by atoms with E-state index >= 15 is 0 Å². The van der Waals surface area contributed by atoms with Gasteiger partial charge in [0, 0.05) is 30.3 Å². The molecule has 170 valence electrons. The second-order valence-electron chi connectivity index (χ2n) is 8.04. The molecule has 0 aromatic heterocycles. The Bertz CT molecular complexity index is 1120. The first kappa shape index (κ1) is 22.6. The fourth-order valence-electron chi connectivity index (χ4n) is 4.04. The summed E-state index contributed by atoms with van der Waals surface area (Å²) in [5.41, 5.74) is 1.58. The number of rotatable bonds is 4. The molecule has 3 aromatic carbocycles. The van der Waals surface area contributed by atoms with Crippen LogP contribution in [0.25, 0.3) is 11.1 Å². The van der Waals surface area contributed by atoms with Crippen molar-refractivity contribution in [2.45, 2.75) is 19.0 Å². The Hall–Kier alpha value is -3.61. The monoisotopic (exact) mass is 452 g/mol. The third kappa shape index (κ3) is 5.25. The van der Waals surface area contributed by atoms with Crippen molar-refractivity contribution in [3.05, 3.63) is 90.0 Å². The van der Waals surface area contributed by atoms with Crippen molar-refractivity contribution < 1.29 is 22.8 Å². The van der Waals surface area contributed by atoms with Crippen molar-refractivity contribution in [1.29, 1.82) is 0 Å². The van der Waals surface area contributed by atoms with Crippen molar-refractivity contribution in [1.82, 2.24) is 4.90 Å². The summed E-state index contributed by atoms with van der Waals surface area (Å²) in [6.45, 7) is 0.875. The molecule has 0 unspecified atom stereocenters. The Morgan fingerprint density at radius 3 is 2.06 bits per heavy atom. The minimum atomic E-state index is -4.41. The first-order valence-electron chi connectivity index (χ1n) is 10.7. The largest absolute Gasteiger partial charge is 0.416 e. The first-order valence-corrected chi connectivity index (χ1v) is 10.7. The Morgan fingerprint density at radius 1 is 0.818 bits per heavy atom. The summed E-state index contributed by atoms with van der Waals surface area (Å²) >= 11 is 0. The topological polar surface area (TPSA) is 49.4 Å². The third-order valence-electron chi connectivity index (χ3n) is 5.87. The van der Waals surface area contributed by atoms with Crippen molar-refractivity contribution in [2.75, 3.05) is 18.4 Å². The van der Waals surface area contributed by atoms with Gasteiger partial charge < -0.3 is 10.2 Å². The zero-order chi connectivity index (χ0) is 23.4. The van der Waals surface area contributed by atoms with Crippen molar-refractivity contribution in [3.63, 3.8) is 0 Å². The molecule has 4 nitrogen and oxygen atoms in total. The van der Waals surface area contributed by atoms with E-state index in [2.05, 4.69) is 5.32 Å². The van der Waals surface area contributed by atoms with Gasteiger partial charge in [-0.25, -0.2) is 0 Å². The van der Waals surface area contributed by atoms with Crippen LogP contribution in [0, 0.1) is 5.92 Å². The number of para-hydroxylation sites is 1. The molecule has 1 N–H and O–H groups in total. The second kappa shape index (κ2) is 9.48. The number of nitrogens with one attached hydrogen (secondary N) is 1. The molecule has 0 aliphatic carbocycles. The standard InChI is InChI=1S/C26H23F3N2O2/c27-26(28,29)20-12-10-18(11-13-20)22-8-4-5-9-23(22)25(33)31-16-14-19(15-17-31)24(32)30-21-6-2-1-3-7-21/h1-13,19H,14-17H2,(H,30,32). The number of amides is 2. The molecule has 2 amide bonds. The molecular weight excluding hydrogens is 429 g/mol. The highest BCUT2D eigenvalue weighted by Crippen LogP contribution is 2.32. The summed E-state index contributed by atoms with van der Waals surface area (Å²) < 4.78 is 38.7. The maximum absolute atomic E-state index is 13.2. The van der Waals surface area contributed by atoms with Crippen LogP contribution in [0.15, 0.2) is 78.9 Å². The number of halogens is 3. The van der Waals surface area contributed by atoms with Gasteiger partial charge in [-0.05, 0) is 54.3 Å². The minimum absolute atomic E-state index is 0.0570. The number of nitrogens with zero attached hydrogens (tertiary/aromatic N) is 1. The van der Waals surface area contributed by atoms with Gasteiger partial charge in [-0.2, -0.15) is 13.2 Å². The predicted molar refractivity (Wildman–Crippen MR) is 121 cm³/mol. The SMILES string of the molecule is O=C(Nc1ccccc1)C1CCN(C(=O)c2ccccc2-c2ccc(C(F)(F)F)cc2)CC1. The molecule has 0 saturated carbocycles. The Kier molecular flexibility index (Phi) is 6.49. The van der Waals surface area contributed by atoms with E-state index in [1.54, 1.807) is 29.2 Å². The molecule has 1 heterocycles. The smallest absolute Gasteiger partial charge is 0.339 e. The maximum Gasteiger partial charge on any atom is 0.416 e. The zero-order valence-electron chi connectivity index (χ0n) is 17.8. The number of piperidine rings is 1. The van der Waals surface area contributed by atoms with E-state index in [0.717, 1.165) is 17.8 Å². The molecule has 0 bridgehead atoms. The number of anilines is 1. The molecule has 1 aliphatic rings. The minimum Gasteiger partial charge on any atom is -0.339 e. The molecule has 33 heavy (non-hydrogen) atoms. The van der Waals surface area contributed by atoms with E-state index < -0.39 is 11.7 Å². The third-order valence-corrected chi connectivity index (χ3v) is 5.87. The Morgan fingerprint density at radius 2 is 1.42 bits per heavy atom. The van der Waals surface area contributed by atoms with Gasteiger partial charge in [0.1, 0.15) is 0 Å². The quantitative estimate of drug-likeness (QED) is 0.539. The van der Waals surface area contributed by atoms with Crippen molar-refractivity contribution in [3.8, 4) is 11.1 Å². The molecule has 1 saturated heterocycles. The average molecular weight is 452 g/mol. The lowest BCUT2D eigenvalue weighted by atomic mass is 9.93. The molecule has 0 radical (unpaired) electrons. The fourth-order valence-corrected chi connectivity index (χ4v) is 4.04. The van der Waals surface area contributed by atoms with Crippen LogP contribution in [0.3, 0.4) is 0 Å². The van der Waals surface area contributed by atoms with Crippen LogP contribution in [0.4, 0.5) is 18.9 Å². The van der Waals surface area contributed by atoms with Gasteiger partial charge in [0.2, 0.25) is 5.91 Å². The lowest BCUT2D eigenvalue weighted by Crippen LogP contribution is -2.41. The van der Waals surface area contributed by atoms with Gasteiger partial charge >= 0.3 is 6.18 Å². The molecule has 0 spiro atoms. The number of likely N-dealkylation sites (tertiary alicyclic amines) is 1. The van der Waals surface area contributed by atoms with E-state index in [4.69, 9.17) is 0 Å². The summed E-state index contributed by atoms with van der Waals surface area (Å²) in [6, 6.07) is 21.0. The van der Waals surface area contributed by atoms with Gasteiger partial charge in [-0.3, -0.25) is 9.59 Å². The predicted octanol–water partition coefficient (Wildman–Crippen LogP) is 5.86. The van der Waals surface area contributed by atoms with Crippen LogP contribution >= 0.6 is 0 Å². The summed E-state index contributed by atoms with van der Waals surface area (Å²) in [5.74, 6) is -0.426. The molecule has 3 aromatic rings. The van der Waals surface area contributed by atoms with Gasteiger partial charge in [-0.1, -0.05) is 48.5 Å². The van der Waals surface area contributed by atoms with Crippen LogP contribution in [0.2, 0.25) is 0 Å². The molecule has 0 atom stereocenters. The van der Waals surface area contributed by atoms with Crippen molar-refractivity contribution >= 4 is 17.5 Å². The van der Waals surface area contributed by atoms with Crippen LogP contribution in [0.5, 0.6) is 0 Å². The van der Waals surface area contributed by atoms with Crippen LogP contribution < -0.4 is 5.32 Å². The highest BCUT2D eigenvalue weighted by molar-refractivity contribution is 6.01. The molecule has 1 aliphatic heterocycles. The number of carbonyl (C=O) groups is 2. The molecule has 4 rings (SSSR count). The van der Waals surface area contributed by atoms with E-state index in [1.807, 2.05) is 30.3 Å². The highest BCUT2D eigenvalue weighted by Gasteiger charge is 2.31. The lowest BCUT2D eigenvalue weighted by Gasteiger charge is -2.32. The summed E-state index contributed by atoms with van der Waals surface area (Å²) in [5, 5.41) is 2.91. The Balaban J connectivity index is 1.44. The van der Waals surface area contributed by atoms with Gasteiger partial charge in [0.05, 0.1) is 5.56 Å². The number of benzene rings is 3. The van der Waals surface area contributed by atoms with Gasteiger partial charge in [0.25, 0.3) is 5.91 Å². The first-order chi connectivity index (χ1) is 15.8. The van der Waals surface area contributed by atoms with Crippen LogP contribution in [-0.4, -0.2) is 29.8 Å². The summed E-state index contributed by atoms with van der Waals surface area (Å²) in [7, 11) is 0. The second-order valence-corrected chi connectivity index (χ2v) is 8.04. The number of carbonyl (C=O) groups excluding carboxylic acids is 2. The van der Waals surface area contributed by atoms with Gasteiger partial charge in [-0.15, -0.1) is 0 Å². The normalized spacial score (nSPS) is 14.7. The van der Waals surface area contributed by atoms with E-state index in [-0.39, 0.29) is 17.7 Å². The van der Waals surface area contributed by atoms with Gasteiger partial charge in [0.15, 0.2) is 0 Å². The number of hydrogen-bond donors (Lipinski definition) is 1. The fraction of sp³-hybridized carbons (Fsp3) is 0.231. The van der Waals surface area contributed by atoms with Crippen LogP contribution in [0.1, 0.15) is 28.8 Å².